The molecule has 1 heterocycles. The lowest BCUT2D eigenvalue weighted by Gasteiger charge is -2.00. The summed E-state index contributed by atoms with van der Waals surface area (Å²) in [4.78, 5) is 28.3. The Balaban J connectivity index is 1.71. The molecule has 5 nitrogen and oxygen atoms in total. The van der Waals surface area contributed by atoms with Gasteiger partial charge < -0.3 is 4.74 Å². The van der Waals surface area contributed by atoms with E-state index in [-0.39, 0.29) is 11.9 Å². The molecule has 2 aromatic carbocycles. The molecule has 1 amide bonds. The molecule has 8 heteroatoms. The van der Waals surface area contributed by atoms with Crippen LogP contribution in [-0.4, -0.2) is 23.5 Å². The second-order valence-electron chi connectivity index (χ2n) is 5.42. The third kappa shape index (κ3) is 4.86. The van der Waals surface area contributed by atoms with Gasteiger partial charge in [-0.1, -0.05) is 40.6 Å². The third-order valence-electron chi connectivity index (χ3n) is 3.50. The number of aromatic nitrogens is 1. The summed E-state index contributed by atoms with van der Waals surface area (Å²) in [6.45, 7) is 2.06. The van der Waals surface area contributed by atoms with Crippen molar-refractivity contribution < 1.29 is 14.3 Å². The summed E-state index contributed by atoms with van der Waals surface area (Å²) in [7, 11) is 0. The number of halogens is 2. The third-order valence-corrected chi connectivity index (χ3v) is 5.17. The van der Waals surface area contributed by atoms with E-state index in [1.54, 1.807) is 49.4 Å². The summed E-state index contributed by atoms with van der Waals surface area (Å²) in [6, 6.07) is 10.2. The molecule has 0 bridgehead atoms. The standard InChI is InChI=1S/C19H14Cl2N2O3S/c1-2-26-18(25)12-5-7-15-16(10-12)27-19(22-15)23-17(24)8-4-11-3-6-13(20)14(21)9-11/h3-10H,2H2,1H3,(H,22,23,24)/b8-4+. The average molecular weight is 421 g/mol. The van der Waals surface area contributed by atoms with Crippen LogP contribution in [0.25, 0.3) is 16.3 Å². The molecule has 0 saturated carbocycles. The molecule has 1 N–H and O–H groups in total. The van der Waals surface area contributed by atoms with E-state index >= 15 is 0 Å². The van der Waals surface area contributed by atoms with Gasteiger partial charge in [-0.25, -0.2) is 9.78 Å². The summed E-state index contributed by atoms with van der Waals surface area (Å²) in [6.07, 6.45) is 3.01. The minimum Gasteiger partial charge on any atom is -0.462 e. The van der Waals surface area contributed by atoms with Crippen molar-refractivity contribution in [1.29, 1.82) is 0 Å². The zero-order valence-corrected chi connectivity index (χ0v) is 16.5. The van der Waals surface area contributed by atoms with Crippen LogP contribution in [0.15, 0.2) is 42.5 Å². The van der Waals surface area contributed by atoms with Gasteiger partial charge in [0.25, 0.3) is 0 Å². The number of fused-ring (bicyclic) bond motifs is 1. The van der Waals surface area contributed by atoms with E-state index in [9.17, 15) is 9.59 Å². The molecule has 0 spiro atoms. The molecule has 0 aliphatic heterocycles. The van der Waals surface area contributed by atoms with Crippen LogP contribution in [0.4, 0.5) is 5.13 Å². The molecule has 138 valence electrons. The summed E-state index contributed by atoms with van der Waals surface area (Å²) in [5.74, 6) is -0.714. The second-order valence-corrected chi connectivity index (χ2v) is 7.26. The number of carbonyl (C=O) groups excluding carboxylic acids is 2. The number of carbonyl (C=O) groups is 2. The monoisotopic (exact) mass is 420 g/mol. The van der Waals surface area contributed by atoms with Gasteiger partial charge in [-0.05, 0) is 48.9 Å². The normalized spacial score (nSPS) is 11.1. The van der Waals surface area contributed by atoms with Crippen molar-refractivity contribution >= 4 is 67.8 Å². The molecule has 1 aromatic heterocycles. The molecule has 0 saturated heterocycles. The van der Waals surface area contributed by atoms with Gasteiger partial charge in [-0.2, -0.15) is 0 Å². The predicted molar refractivity (Wildman–Crippen MR) is 110 cm³/mol. The van der Waals surface area contributed by atoms with Crippen LogP contribution in [0.1, 0.15) is 22.8 Å². The molecule has 0 aliphatic rings. The van der Waals surface area contributed by atoms with Gasteiger partial charge in [0.1, 0.15) is 0 Å². The molecular weight excluding hydrogens is 407 g/mol. The number of benzene rings is 2. The molecule has 0 atom stereocenters. The molecular formula is C19H14Cl2N2O3S. The van der Waals surface area contributed by atoms with Crippen LogP contribution in [-0.2, 0) is 9.53 Å². The average Bonchev–Trinajstić information content (AvgIpc) is 3.04. The highest BCUT2D eigenvalue weighted by molar-refractivity contribution is 7.22. The fourth-order valence-corrected chi connectivity index (χ4v) is 3.47. The number of nitrogens with one attached hydrogen (secondary N) is 1. The lowest BCUT2D eigenvalue weighted by molar-refractivity contribution is -0.111. The van der Waals surface area contributed by atoms with E-state index in [0.717, 1.165) is 10.3 Å². The molecule has 0 fully saturated rings. The lowest BCUT2D eigenvalue weighted by atomic mass is 10.2. The summed E-state index contributed by atoms with van der Waals surface area (Å²) < 4.78 is 5.77. The van der Waals surface area contributed by atoms with Crippen molar-refractivity contribution in [2.24, 2.45) is 0 Å². The zero-order valence-electron chi connectivity index (χ0n) is 14.2. The predicted octanol–water partition coefficient (Wildman–Crippen LogP) is 5.43. The minimum atomic E-state index is -0.386. The Hall–Kier alpha value is -2.41. The van der Waals surface area contributed by atoms with E-state index in [1.165, 1.54) is 17.4 Å². The molecule has 3 rings (SSSR count). The Kier molecular flexibility index (Phi) is 6.11. The fraction of sp³-hybridized carbons (Fsp3) is 0.105. The van der Waals surface area contributed by atoms with Gasteiger partial charge in [0.2, 0.25) is 5.91 Å². The first-order chi connectivity index (χ1) is 13.0. The number of amides is 1. The van der Waals surface area contributed by atoms with Gasteiger partial charge in [0.15, 0.2) is 5.13 Å². The Morgan fingerprint density at radius 2 is 2.00 bits per heavy atom. The number of rotatable bonds is 5. The largest absolute Gasteiger partial charge is 0.462 e. The Bertz CT molecular complexity index is 1050. The van der Waals surface area contributed by atoms with Gasteiger partial charge >= 0.3 is 5.97 Å². The minimum absolute atomic E-state index is 0.312. The van der Waals surface area contributed by atoms with Crippen LogP contribution in [0.3, 0.4) is 0 Å². The van der Waals surface area contributed by atoms with E-state index in [4.69, 9.17) is 27.9 Å². The SMILES string of the molecule is CCOC(=O)c1ccc2nc(NC(=O)/C=C/c3ccc(Cl)c(Cl)c3)sc2c1. The fourth-order valence-electron chi connectivity index (χ4n) is 2.25. The molecule has 3 aromatic rings. The van der Waals surface area contributed by atoms with E-state index < -0.39 is 0 Å². The molecule has 0 radical (unpaired) electrons. The smallest absolute Gasteiger partial charge is 0.338 e. The second kappa shape index (κ2) is 8.52. The van der Waals surface area contributed by atoms with Crippen molar-refractivity contribution in [2.45, 2.75) is 6.92 Å². The van der Waals surface area contributed by atoms with E-state index in [2.05, 4.69) is 10.3 Å². The van der Waals surface area contributed by atoms with Gasteiger partial charge in [0, 0.05) is 6.08 Å². The van der Waals surface area contributed by atoms with Gasteiger partial charge in [-0.15, -0.1) is 0 Å². The Morgan fingerprint density at radius 3 is 2.74 bits per heavy atom. The first kappa shape index (κ1) is 19.4. The van der Waals surface area contributed by atoms with E-state index in [0.29, 0.717) is 32.9 Å². The van der Waals surface area contributed by atoms with Gasteiger partial charge in [-0.3, -0.25) is 10.1 Å². The molecule has 0 unspecified atom stereocenters. The first-order valence-corrected chi connectivity index (χ1v) is 9.55. The number of hydrogen-bond donors (Lipinski definition) is 1. The number of thiazole rings is 1. The van der Waals surface area contributed by atoms with Crippen molar-refractivity contribution in [1.82, 2.24) is 4.98 Å². The number of hydrogen-bond acceptors (Lipinski definition) is 5. The van der Waals surface area contributed by atoms with Crippen molar-refractivity contribution in [3.05, 3.63) is 63.6 Å². The summed E-state index contributed by atoms with van der Waals surface area (Å²) in [5.41, 5.74) is 1.89. The maximum absolute atomic E-state index is 12.1. The first-order valence-electron chi connectivity index (χ1n) is 7.98. The lowest BCUT2D eigenvalue weighted by Crippen LogP contribution is -2.07. The highest BCUT2D eigenvalue weighted by Gasteiger charge is 2.11. The number of ether oxygens (including phenoxy) is 1. The van der Waals surface area contributed by atoms with Crippen LogP contribution >= 0.6 is 34.5 Å². The van der Waals surface area contributed by atoms with E-state index in [1.807, 2.05) is 0 Å². The van der Waals surface area contributed by atoms with Crippen molar-refractivity contribution in [3.8, 4) is 0 Å². The zero-order chi connectivity index (χ0) is 19.4. The topological polar surface area (TPSA) is 68.3 Å². The van der Waals surface area contributed by atoms with Crippen molar-refractivity contribution in [3.63, 3.8) is 0 Å². The number of anilines is 1. The quantitative estimate of drug-likeness (QED) is 0.441. The Morgan fingerprint density at radius 1 is 1.19 bits per heavy atom. The number of nitrogens with zero attached hydrogens (tertiary/aromatic N) is 1. The molecule has 27 heavy (non-hydrogen) atoms. The van der Waals surface area contributed by atoms with Crippen LogP contribution in [0.2, 0.25) is 10.0 Å². The number of esters is 1. The van der Waals surface area contributed by atoms with Crippen molar-refractivity contribution in [2.75, 3.05) is 11.9 Å². The van der Waals surface area contributed by atoms with Gasteiger partial charge in [0.05, 0.1) is 32.4 Å². The molecule has 0 aliphatic carbocycles. The maximum atomic E-state index is 12.1. The van der Waals surface area contributed by atoms with Crippen LogP contribution in [0.5, 0.6) is 0 Å². The highest BCUT2D eigenvalue weighted by Crippen LogP contribution is 2.27. The maximum Gasteiger partial charge on any atom is 0.338 e. The summed E-state index contributed by atoms with van der Waals surface area (Å²) >= 11 is 13.1. The van der Waals surface area contributed by atoms with Crippen LogP contribution in [0, 0.1) is 0 Å². The van der Waals surface area contributed by atoms with Crippen LogP contribution < -0.4 is 5.32 Å². The summed E-state index contributed by atoms with van der Waals surface area (Å²) in [5, 5.41) is 4.02. The highest BCUT2D eigenvalue weighted by atomic mass is 35.5. The Labute approximate surface area is 169 Å².